The summed E-state index contributed by atoms with van der Waals surface area (Å²) in [5, 5.41) is 124. The number of likely N-dealkylation sites (N-methyl/N-ethyl adjacent to an activating group) is 2. The van der Waals surface area contributed by atoms with Crippen molar-refractivity contribution in [1.82, 2.24) is 9.80 Å². The molecule has 316 valence electrons. The average molecular weight is 992 g/mol. The Kier molecular flexibility index (Phi) is 505. The van der Waals surface area contributed by atoms with E-state index in [4.69, 9.17) is 61.3 Å². The number of aliphatic hydroxyl groups excluding tert-OH is 2. The third-order valence-electron chi connectivity index (χ3n) is 0.879. The van der Waals surface area contributed by atoms with Crippen LogP contribution in [0.3, 0.4) is 0 Å². The van der Waals surface area contributed by atoms with Crippen LogP contribution in [-0.4, -0.2) is 186 Å². The number of aliphatic hydroxyl groups is 2. The maximum atomic E-state index is 9.64. The minimum absolute atomic E-state index is 0. The summed E-state index contributed by atoms with van der Waals surface area (Å²) in [5.74, 6) is 0. The topological polar surface area (TPSA) is 324 Å². The SMILES string of the molecule is CCO.CCO.CC[O-].CC[O-].CC[O-].CC[O-].CC[O-].CC[O-].CC[O-].CC[O-].CC[O-].CC[O-].CN(C)[CH-]C[O-].CN(C)[CH-]C[O-].[H+].[H+].[Nb+5].[Nb+5].[Sr+2]. The number of rotatable bonds is 4. The van der Waals surface area contributed by atoms with Gasteiger partial charge in [-0.05, 0) is 42.0 Å². The van der Waals surface area contributed by atoms with Crippen LogP contribution in [0, 0.1) is 13.1 Å². The van der Waals surface area contributed by atoms with E-state index in [0.717, 1.165) is 0 Å². The van der Waals surface area contributed by atoms with E-state index < -0.39 is 0 Å². The van der Waals surface area contributed by atoms with Gasteiger partial charge in [-0.25, -0.2) is 0 Å². The Morgan fingerprint density at radius 3 is 0.412 bits per heavy atom. The van der Waals surface area contributed by atoms with Crippen LogP contribution in [0.1, 0.15) is 85.9 Å². The van der Waals surface area contributed by atoms with Crippen LogP contribution in [0.4, 0.5) is 0 Å². The molecule has 51 heavy (non-hydrogen) atoms. The van der Waals surface area contributed by atoms with E-state index in [9.17, 15) is 10.2 Å². The van der Waals surface area contributed by atoms with Gasteiger partial charge in [0.2, 0.25) is 0 Å². The molecule has 0 heterocycles. The van der Waals surface area contributed by atoms with Crippen molar-refractivity contribution in [3.8, 4) is 0 Å². The van der Waals surface area contributed by atoms with Gasteiger partial charge in [0.25, 0.3) is 0 Å². The van der Waals surface area contributed by atoms with Crippen LogP contribution in [0.5, 0.6) is 0 Å². The molecule has 0 aliphatic rings. The molecule has 0 aromatic carbocycles. The second kappa shape index (κ2) is 233. The quantitative estimate of drug-likeness (QED) is 0.195. The van der Waals surface area contributed by atoms with E-state index in [2.05, 4.69) is 0 Å². The van der Waals surface area contributed by atoms with Crippen LogP contribution in [0.15, 0.2) is 0 Å². The fourth-order valence-corrected chi connectivity index (χ4v) is 0.298. The molecule has 0 aromatic heterocycles. The summed E-state index contributed by atoms with van der Waals surface area (Å²) in [6, 6.07) is 0. The fraction of sp³-hybridized carbons (Fsp3) is 0.938. The number of hydrogen-bond donors (Lipinski definition) is 2. The van der Waals surface area contributed by atoms with Crippen LogP contribution >= 0.6 is 0 Å². The largest absolute Gasteiger partial charge is 5.00 e. The molecule has 0 fully saturated rings. The van der Waals surface area contributed by atoms with Gasteiger partial charge < -0.3 is 81.3 Å². The fourth-order valence-electron chi connectivity index (χ4n) is 0.298. The molecular formula is C32H82N2Nb2O14Sr. The van der Waals surface area contributed by atoms with Gasteiger partial charge in [-0.1, -0.05) is 69.2 Å². The molecule has 0 spiro atoms. The molecule has 0 saturated heterocycles. The molecule has 0 unspecified atom stereocenters. The summed E-state index contributed by atoms with van der Waals surface area (Å²) in [5.41, 5.74) is 0. The molecule has 0 atom stereocenters. The Morgan fingerprint density at radius 1 is 0.353 bits per heavy atom. The monoisotopic (exact) mass is 992 g/mol. The summed E-state index contributed by atoms with van der Waals surface area (Å²) in [6.45, 7) is 22.5. The Morgan fingerprint density at radius 2 is 0.412 bits per heavy atom. The van der Waals surface area contributed by atoms with E-state index in [1.54, 1.807) is 106 Å². The van der Waals surface area contributed by atoms with Gasteiger partial charge in [0.1, 0.15) is 0 Å². The van der Waals surface area contributed by atoms with Crippen molar-refractivity contribution in [1.29, 1.82) is 0 Å². The van der Waals surface area contributed by atoms with Crippen LogP contribution in [-0.2, 0) is 44.8 Å². The minimum atomic E-state index is -0.118. The molecule has 2 N–H and O–H groups in total. The maximum Gasteiger partial charge on any atom is 5.00 e. The summed E-state index contributed by atoms with van der Waals surface area (Å²) >= 11 is 0. The third kappa shape index (κ3) is 1910. The zero-order valence-electron chi connectivity index (χ0n) is 37.3. The first kappa shape index (κ1) is 111. The van der Waals surface area contributed by atoms with Crippen molar-refractivity contribution >= 4 is 45.5 Å². The number of hydrogen-bond acceptors (Lipinski definition) is 16. The predicted octanol–water partition coefficient (Wildman–Crippen LogP) is -8.36. The van der Waals surface area contributed by atoms with Crippen molar-refractivity contribution in [3.63, 3.8) is 0 Å². The molecule has 0 aliphatic carbocycles. The Labute approximate surface area is 387 Å². The van der Waals surface area contributed by atoms with Crippen molar-refractivity contribution < 1.29 is 119 Å². The van der Waals surface area contributed by atoms with Crippen molar-refractivity contribution in [2.45, 2.75) is 83.1 Å². The van der Waals surface area contributed by atoms with Crippen LogP contribution in [0.2, 0.25) is 0 Å². The molecule has 0 bridgehead atoms. The summed E-state index contributed by atoms with van der Waals surface area (Å²) < 4.78 is 0. The smallest absolute Gasteiger partial charge is 0.877 e. The Balaban J connectivity index is -0.0000000139. The molecule has 0 saturated carbocycles. The standard InChI is InChI=1S/2C4H9NO.2C2H6O.10C2H5O.2Nb.Sr/c2*1-5(2)3-4-6;12*1-2-3;;;/h2*3H,4H2,1-2H3;2*3H,2H2,1H3;10*2H2,1H3;;;/q2*-2;;;10*-1;2*+5;+2/p+2. The van der Waals surface area contributed by atoms with Crippen molar-refractivity contribution in [2.24, 2.45) is 0 Å². The first-order valence-electron chi connectivity index (χ1n) is 15.7. The van der Waals surface area contributed by atoms with Crippen LogP contribution < -0.4 is 61.3 Å². The maximum absolute atomic E-state index is 9.64. The molecule has 0 aliphatic heterocycles. The normalized spacial score (nSPS) is 6.59. The number of nitrogens with zero attached hydrogens (tertiary/aromatic N) is 2. The summed E-state index contributed by atoms with van der Waals surface area (Å²) in [7, 11) is 7.32. The molecular weight excluding hydrogens is 910 g/mol. The van der Waals surface area contributed by atoms with E-state index in [0.29, 0.717) is 0 Å². The first-order chi connectivity index (χ1) is 22.5. The second-order valence-electron chi connectivity index (χ2n) is 6.14. The van der Waals surface area contributed by atoms with E-state index in [-0.39, 0.29) is 186 Å². The molecule has 0 aromatic rings. The van der Waals surface area contributed by atoms with Gasteiger partial charge in [-0.3, -0.25) is 26.3 Å². The van der Waals surface area contributed by atoms with Crippen LogP contribution in [0.25, 0.3) is 0 Å². The van der Waals surface area contributed by atoms with E-state index >= 15 is 0 Å². The van der Waals surface area contributed by atoms with Gasteiger partial charge in [-0.15, -0.1) is 66.1 Å². The van der Waals surface area contributed by atoms with E-state index in [1.807, 2.05) is 28.2 Å². The summed E-state index contributed by atoms with van der Waals surface area (Å²) in [4.78, 5) is 3.49. The zero-order valence-corrected chi connectivity index (χ0v) is 43.2. The van der Waals surface area contributed by atoms with Gasteiger partial charge in [0.15, 0.2) is 0 Å². The first-order valence-corrected chi connectivity index (χ1v) is 15.7. The third-order valence-corrected chi connectivity index (χ3v) is 0.879. The average Bonchev–Trinajstić information content (AvgIpc) is 2.94. The van der Waals surface area contributed by atoms with Crippen molar-refractivity contribution in [2.75, 3.05) is 121 Å². The molecule has 16 nitrogen and oxygen atoms in total. The zero-order chi connectivity index (χ0) is 42.5. The molecule has 19 heteroatoms. The minimum Gasteiger partial charge on any atom is -0.877 e. The Hall–Kier alpha value is 2.32. The predicted molar refractivity (Wildman–Crippen MR) is 185 cm³/mol. The van der Waals surface area contributed by atoms with E-state index in [1.165, 1.54) is 0 Å². The van der Waals surface area contributed by atoms with Gasteiger partial charge in [0, 0.05) is 13.2 Å². The van der Waals surface area contributed by atoms with Gasteiger partial charge >= 0.3 is 93.1 Å². The summed E-state index contributed by atoms with van der Waals surface area (Å²) in [6.07, 6.45) is 0. The molecule has 0 radical (unpaired) electrons. The van der Waals surface area contributed by atoms with Gasteiger partial charge in [0.05, 0.1) is 0 Å². The Bertz CT molecular complexity index is 223. The second-order valence-corrected chi connectivity index (χ2v) is 6.14. The van der Waals surface area contributed by atoms with Crippen molar-refractivity contribution in [3.05, 3.63) is 13.1 Å². The molecule has 0 amide bonds. The molecule has 0 rings (SSSR count). The van der Waals surface area contributed by atoms with Gasteiger partial charge in [-0.2, -0.15) is 0 Å².